The Morgan fingerprint density at radius 2 is 1.82 bits per heavy atom. The van der Waals surface area contributed by atoms with Crippen LogP contribution in [-0.4, -0.2) is 53.3 Å². The van der Waals surface area contributed by atoms with E-state index in [-0.39, 0.29) is 11.8 Å². The summed E-state index contributed by atoms with van der Waals surface area (Å²) < 4.78 is 16.4. The minimum Gasteiger partial charge on any atom is -0.493 e. The number of benzene rings is 1. The number of anilines is 1. The van der Waals surface area contributed by atoms with Crippen molar-refractivity contribution < 1.29 is 19.0 Å². The van der Waals surface area contributed by atoms with Gasteiger partial charge < -0.3 is 24.8 Å². The highest BCUT2D eigenvalue weighted by atomic mass is 16.5. The Hall–Kier alpha value is -3.88. The first-order valence-electron chi connectivity index (χ1n) is 10.7. The van der Waals surface area contributed by atoms with Crippen LogP contribution in [-0.2, 0) is 0 Å². The number of ether oxygens (including phenoxy) is 3. The van der Waals surface area contributed by atoms with Crippen molar-refractivity contribution in [3.8, 4) is 23.1 Å². The van der Waals surface area contributed by atoms with E-state index in [1.165, 1.54) is 0 Å². The number of aromatic nitrogens is 3. The number of rotatable bonds is 6. The first kappa shape index (κ1) is 22.3. The predicted molar refractivity (Wildman–Crippen MR) is 123 cm³/mol. The van der Waals surface area contributed by atoms with E-state index in [2.05, 4.69) is 15.2 Å². The molecule has 1 aliphatic rings. The Morgan fingerprint density at radius 3 is 2.45 bits per heavy atom. The summed E-state index contributed by atoms with van der Waals surface area (Å²) in [4.78, 5) is 19.1. The third-order valence-electron chi connectivity index (χ3n) is 5.77. The minimum absolute atomic E-state index is 0.0375. The van der Waals surface area contributed by atoms with Gasteiger partial charge in [0.1, 0.15) is 11.6 Å². The molecule has 0 bridgehead atoms. The lowest BCUT2D eigenvalue weighted by Gasteiger charge is -2.32. The molecule has 2 N–H and O–H groups in total. The van der Waals surface area contributed by atoms with E-state index in [1.54, 1.807) is 50.7 Å². The van der Waals surface area contributed by atoms with Crippen LogP contribution in [0, 0.1) is 6.92 Å². The topological polar surface area (TPSA) is 113 Å². The van der Waals surface area contributed by atoms with Gasteiger partial charge in [0.2, 0.25) is 5.88 Å². The average Bonchev–Trinajstić information content (AvgIpc) is 2.84. The summed E-state index contributed by atoms with van der Waals surface area (Å²) in [5, 5.41) is 8.28. The lowest BCUT2D eigenvalue weighted by molar-refractivity contribution is 0.0711. The zero-order chi connectivity index (χ0) is 23.4. The SMILES string of the molecule is COc1ccc(Oc2ccc(C(=O)N3CCC(c4nnc(N)cc4C)CC3)cc2OC)cn1. The number of methoxy groups -OCH3 is 2. The summed E-state index contributed by atoms with van der Waals surface area (Å²) in [6.07, 6.45) is 3.22. The number of piperidine rings is 1. The number of aryl methyl sites for hydroxylation is 1. The molecule has 0 aliphatic carbocycles. The van der Waals surface area contributed by atoms with Crippen LogP contribution in [0.4, 0.5) is 5.82 Å². The molecule has 1 fully saturated rings. The number of nitrogens with zero attached hydrogens (tertiary/aromatic N) is 4. The Kier molecular flexibility index (Phi) is 6.58. The van der Waals surface area contributed by atoms with E-state index in [0.717, 1.165) is 24.1 Å². The quantitative estimate of drug-likeness (QED) is 0.607. The minimum atomic E-state index is -0.0375. The van der Waals surface area contributed by atoms with Gasteiger partial charge >= 0.3 is 0 Å². The van der Waals surface area contributed by atoms with Crippen LogP contribution in [0.5, 0.6) is 23.1 Å². The van der Waals surface area contributed by atoms with Gasteiger partial charge in [0.15, 0.2) is 11.5 Å². The molecule has 0 radical (unpaired) electrons. The standard InChI is InChI=1S/C24H27N5O4/c1-15-12-21(25)27-28-23(15)16-8-10-29(11-9-16)24(30)17-4-6-19(20(13-17)31-2)33-18-5-7-22(32-3)26-14-18/h4-7,12-14,16H,8-11H2,1-3H3,(H2,25,27). The first-order chi connectivity index (χ1) is 16.0. The second-order valence-corrected chi connectivity index (χ2v) is 7.91. The molecular formula is C24H27N5O4. The van der Waals surface area contributed by atoms with Crippen LogP contribution in [0.15, 0.2) is 42.6 Å². The average molecular weight is 450 g/mol. The molecule has 0 unspecified atom stereocenters. The Balaban J connectivity index is 1.43. The van der Waals surface area contributed by atoms with Gasteiger partial charge in [-0.3, -0.25) is 4.79 Å². The van der Waals surface area contributed by atoms with Crippen LogP contribution < -0.4 is 19.9 Å². The van der Waals surface area contributed by atoms with Gasteiger partial charge in [0.05, 0.1) is 26.1 Å². The number of nitrogens with two attached hydrogens (primary N) is 1. The molecule has 1 amide bonds. The maximum absolute atomic E-state index is 13.1. The highest BCUT2D eigenvalue weighted by molar-refractivity contribution is 5.95. The van der Waals surface area contributed by atoms with Gasteiger partial charge in [-0.25, -0.2) is 4.98 Å². The van der Waals surface area contributed by atoms with E-state index in [4.69, 9.17) is 19.9 Å². The van der Waals surface area contributed by atoms with E-state index in [1.807, 2.05) is 17.9 Å². The van der Waals surface area contributed by atoms with E-state index in [0.29, 0.717) is 47.6 Å². The molecule has 3 heterocycles. The van der Waals surface area contributed by atoms with E-state index < -0.39 is 0 Å². The number of likely N-dealkylation sites (tertiary alicyclic amines) is 1. The van der Waals surface area contributed by atoms with Crippen LogP contribution in [0.2, 0.25) is 0 Å². The Bertz CT molecular complexity index is 1130. The van der Waals surface area contributed by atoms with Crippen LogP contribution in [0.3, 0.4) is 0 Å². The van der Waals surface area contributed by atoms with Gasteiger partial charge in [0, 0.05) is 30.6 Å². The van der Waals surface area contributed by atoms with Gasteiger partial charge in [-0.2, -0.15) is 5.10 Å². The van der Waals surface area contributed by atoms with Crippen molar-refractivity contribution in [2.75, 3.05) is 33.0 Å². The zero-order valence-corrected chi connectivity index (χ0v) is 18.9. The van der Waals surface area contributed by atoms with E-state index in [9.17, 15) is 4.79 Å². The Labute approximate surface area is 192 Å². The number of carbonyl (C=O) groups excluding carboxylic acids is 1. The third-order valence-corrected chi connectivity index (χ3v) is 5.77. The molecule has 0 atom stereocenters. The molecule has 3 aromatic rings. The van der Waals surface area contributed by atoms with Gasteiger partial charge in [0.25, 0.3) is 5.91 Å². The molecule has 1 saturated heterocycles. The van der Waals surface area contributed by atoms with Crippen molar-refractivity contribution >= 4 is 11.7 Å². The third kappa shape index (κ3) is 4.97. The lowest BCUT2D eigenvalue weighted by Crippen LogP contribution is -2.38. The number of carbonyl (C=O) groups is 1. The fraction of sp³-hybridized carbons (Fsp3) is 0.333. The van der Waals surface area contributed by atoms with Crippen molar-refractivity contribution in [3.05, 3.63) is 59.4 Å². The first-order valence-corrected chi connectivity index (χ1v) is 10.7. The number of amides is 1. The summed E-state index contributed by atoms with van der Waals surface area (Å²) in [6, 6.07) is 10.5. The van der Waals surface area contributed by atoms with Crippen molar-refractivity contribution in [3.63, 3.8) is 0 Å². The predicted octanol–water partition coefficient (Wildman–Crippen LogP) is 3.59. The molecule has 9 heteroatoms. The molecule has 0 spiro atoms. The zero-order valence-electron chi connectivity index (χ0n) is 18.9. The number of pyridine rings is 1. The summed E-state index contributed by atoms with van der Waals surface area (Å²) in [5.41, 5.74) is 8.28. The molecule has 1 aliphatic heterocycles. The number of hydrogen-bond donors (Lipinski definition) is 1. The summed E-state index contributed by atoms with van der Waals surface area (Å²) in [6.45, 7) is 3.29. The molecule has 33 heavy (non-hydrogen) atoms. The monoisotopic (exact) mass is 449 g/mol. The van der Waals surface area contributed by atoms with Crippen molar-refractivity contribution in [2.24, 2.45) is 0 Å². The van der Waals surface area contributed by atoms with Crippen LogP contribution >= 0.6 is 0 Å². The number of hydrogen-bond acceptors (Lipinski definition) is 8. The molecule has 4 rings (SSSR count). The summed E-state index contributed by atoms with van der Waals surface area (Å²) in [5.74, 6) is 2.66. The Morgan fingerprint density at radius 1 is 1.03 bits per heavy atom. The maximum atomic E-state index is 13.1. The highest BCUT2D eigenvalue weighted by Gasteiger charge is 2.27. The van der Waals surface area contributed by atoms with Gasteiger partial charge in [-0.05, 0) is 55.7 Å². The second-order valence-electron chi connectivity index (χ2n) is 7.91. The second kappa shape index (κ2) is 9.72. The molecule has 172 valence electrons. The summed E-state index contributed by atoms with van der Waals surface area (Å²) in [7, 11) is 3.10. The molecule has 0 saturated carbocycles. The van der Waals surface area contributed by atoms with Crippen molar-refractivity contribution in [1.82, 2.24) is 20.1 Å². The molecular weight excluding hydrogens is 422 g/mol. The summed E-state index contributed by atoms with van der Waals surface area (Å²) >= 11 is 0. The maximum Gasteiger partial charge on any atom is 0.253 e. The fourth-order valence-corrected chi connectivity index (χ4v) is 4.02. The van der Waals surface area contributed by atoms with Crippen LogP contribution in [0.1, 0.15) is 40.4 Å². The largest absolute Gasteiger partial charge is 0.493 e. The molecule has 2 aromatic heterocycles. The van der Waals surface area contributed by atoms with Crippen molar-refractivity contribution in [2.45, 2.75) is 25.7 Å². The normalized spacial score (nSPS) is 14.1. The fourth-order valence-electron chi connectivity index (χ4n) is 4.02. The van der Waals surface area contributed by atoms with Gasteiger partial charge in [-0.15, -0.1) is 5.10 Å². The molecule has 9 nitrogen and oxygen atoms in total. The van der Waals surface area contributed by atoms with E-state index >= 15 is 0 Å². The highest BCUT2D eigenvalue weighted by Crippen LogP contribution is 2.34. The lowest BCUT2D eigenvalue weighted by atomic mass is 9.91. The smallest absolute Gasteiger partial charge is 0.253 e. The van der Waals surface area contributed by atoms with Crippen LogP contribution in [0.25, 0.3) is 0 Å². The van der Waals surface area contributed by atoms with Crippen molar-refractivity contribution in [1.29, 1.82) is 0 Å². The van der Waals surface area contributed by atoms with Gasteiger partial charge in [-0.1, -0.05) is 0 Å². The molecule has 1 aromatic carbocycles. The number of nitrogen functional groups attached to an aromatic ring is 1.